The monoisotopic (exact) mass is 334 g/mol. The highest BCUT2D eigenvalue weighted by atomic mass is 35.5. The van der Waals surface area contributed by atoms with Crippen LogP contribution in [0.15, 0.2) is 12.3 Å². The van der Waals surface area contributed by atoms with E-state index in [0.717, 1.165) is 6.20 Å². The van der Waals surface area contributed by atoms with Gasteiger partial charge in [-0.25, -0.2) is 9.78 Å². The van der Waals surface area contributed by atoms with Gasteiger partial charge in [0.05, 0.1) is 11.1 Å². The van der Waals surface area contributed by atoms with Crippen LogP contribution in [0.25, 0.3) is 0 Å². The van der Waals surface area contributed by atoms with Crippen LogP contribution in [0.5, 0.6) is 0 Å². The quantitative estimate of drug-likeness (QED) is 0.718. The molecule has 2 atom stereocenters. The molecule has 1 amide bonds. The number of aliphatic hydroxyl groups is 2. The van der Waals surface area contributed by atoms with Crippen LogP contribution in [0.2, 0.25) is 5.02 Å². The molecule has 1 heterocycles. The molecule has 3 N–H and O–H groups in total. The second kappa shape index (κ2) is 7.71. The minimum atomic E-state index is -1.29. The van der Waals surface area contributed by atoms with Gasteiger partial charge in [0.1, 0.15) is 11.7 Å². The largest absolute Gasteiger partial charge is 0.444 e. The third kappa shape index (κ3) is 6.13. The number of pyridine rings is 1. The van der Waals surface area contributed by atoms with Crippen LogP contribution in [-0.2, 0) is 4.74 Å². The Kier molecular flexibility index (Phi) is 6.52. The molecule has 0 saturated carbocycles. The standard InChI is InChI=1S/C14H20ClFN2O4/c1-14(2,3)22-13(21)17-5-4-10(19)11(20)8-6-9(15)12(16)18-7-8/h6-7,10-11,19-20H,4-5H2,1-3H3,(H,17,21). The summed E-state index contributed by atoms with van der Waals surface area (Å²) in [7, 11) is 0. The molecule has 1 rings (SSSR count). The van der Waals surface area contributed by atoms with Crippen molar-refractivity contribution in [1.29, 1.82) is 0 Å². The molecule has 0 spiro atoms. The van der Waals surface area contributed by atoms with Gasteiger partial charge >= 0.3 is 6.09 Å². The van der Waals surface area contributed by atoms with Gasteiger partial charge in [0.2, 0.25) is 5.95 Å². The van der Waals surface area contributed by atoms with Crippen LogP contribution >= 0.6 is 11.6 Å². The molecular formula is C14H20ClFN2O4. The molecule has 0 aliphatic heterocycles. The third-order valence-electron chi connectivity index (χ3n) is 2.63. The highest BCUT2D eigenvalue weighted by Gasteiger charge is 2.21. The zero-order valence-electron chi connectivity index (χ0n) is 12.6. The van der Waals surface area contributed by atoms with Crippen LogP contribution in [-0.4, -0.2) is 39.5 Å². The number of nitrogens with one attached hydrogen (secondary N) is 1. The first-order chi connectivity index (χ1) is 10.1. The van der Waals surface area contributed by atoms with Gasteiger partial charge in [0, 0.05) is 18.3 Å². The number of halogens is 2. The molecule has 0 bridgehead atoms. The molecule has 22 heavy (non-hydrogen) atoms. The molecule has 2 unspecified atom stereocenters. The highest BCUT2D eigenvalue weighted by molar-refractivity contribution is 6.30. The Morgan fingerprint density at radius 1 is 1.50 bits per heavy atom. The Labute approximate surface area is 133 Å². The number of hydrogen-bond donors (Lipinski definition) is 3. The normalized spacial score (nSPS) is 14.3. The predicted molar refractivity (Wildman–Crippen MR) is 79.0 cm³/mol. The lowest BCUT2D eigenvalue weighted by atomic mass is 10.0. The van der Waals surface area contributed by atoms with E-state index < -0.39 is 29.8 Å². The number of aromatic nitrogens is 1. The van der Waals surface area contributed by atoms with Crippen molar-refractivity contribution < 1.29 is 24.1 Å². The van der Waals surface area contributed by atoms with Crippen molar-refractivity contribution in [1.82, 2.24) is 10.3 Å². The van der Waals surface area contributed by atoms with Crippen molar-refractivity contribution in [3.8, 4) is 0 Å². The van der Waals surface area contributed by atoms with Gasteiger partial charge in [-0.2, -0.15) is 4.39 Å². The number of amides is 1. The minimum absolute atomic E-state index is 0.0788. The molecule has 0 aliphatic carbocycles. The van der Waals surface area contributed by atoms with Gasteiger partial charge in [0.15, 0.2) is 0 Å². The van der Waals surface area contributed by atoms with Gasteiger partial charge in [0.25, 0.3) is 0 Å². The van der Waals surface area contributed by atoms with Gasteiger partial charge in [-0.15, -0.1) is 0 Å². The van der Waals surface area contributed by atoms with Crippen molar-refractivity contribution >= 4 is 17.7 Å². The van der Waals surface area contributed by atoms with Crippen molar-refractivity contribution in [3.05, 3.63) is 28.8 Å². The first-order valence-electron chi connectivity index (χ1n) is 6.74. The van der Waals surface area contributed by atoms with Crippen molar-refractivity contribution in [3.63, 3.8) is 0 Å². The Morgan fingerprint density at radius 2 is 2.14 bits per heavy atom. The summed E-state index contributed by atoms with van der Waals surface area (Å²) in [5, 5.41) is 22.0. The summed E-state index contributed by atoms with van der Waals surface area (Å²) in [6.45, 7) is 5.30. The molecular weight excluding hydrogens is 315 g/mol. The van der Waals surface area contributed by atoms with E-state index in [0.29, 0.717) is 0 Å². The van der Waals surface area contributed by atoms with Crippen molar-refractivity contribution in [2.75, 3.05) is 6.54 Å². The molecule has 6 nitrogen and oxygen atoms in total. The number of nitrogens with zero attached hydrogens (tertiary/aromatic N) is 1. The fraction of sp³-hybridized carbons (Fsp3) is 0.571. The van der Waals surface area contributed by atoms with Crippen molar-refractivity contribution in [2.24, 2.45) is 0 Å². The maximum Gasteiger partial charge on any atom is 0.407 e. The summed E-state index contributed by atoms with van der Waals surface area (Å²) in [4.78, 5) is 14.8. The average molecular weight is 335 g/mol. The van der Waals surface area contributed by atoms with Gasteiger partial charge in [-0.3, -0.25) is 0 Å². The minimum Gasteiger partial charge on any atom is -0.444 e. The van der Waals surface area contributed by atoms with Crippen LogP contribution in [0.3, 0.4) is 0 Å². The summed E-state index contributed by atoms with van der Waals surface area (Å²) in [5.41, 5.74) is -0.421. The smallest absolute Gasteiger partial charge is 0.407 e. The SMILES string of the molecule is CC(C)(C)OC(=O)NCCC(O)C(O)c1cnc(F)c(Cl)c1. The number of hydrogen-bond acceptors (Lipinski definition) is 5. The lowest BCUT2D eigenvalue weighted by molar-refractivity contribution is 0.0120. The van der Waals surface area contributed by atoms with E-state index in [4.69, 9.17) is 16.3 Å². The molecule has 0 saturated heterocycles. The van der Waals surface area contributed by atoms with E-state index in [1.165, 1.54) is 6.07 Å². The summed E-state index contributed by atoms with van der Waals surface area (Å²) < 4.78 is 18.0. The number of carbonyl (C=O) groups is 1. The number of rotatable bonds is 5. The second-order valence-corrected chi connectivity index (χ2v) is 6.18. The predicted octanol–water partition coefficient (Wildman–Crippen LogP) is 2.18. The number of ether oxygens (including phenoxy) is 1. The topological polar surface area (TPSA) is 91.7 Å². The lowest BCUT2D eigenvalue weighted by Crippen LogP contribution is -2.34. The molecule has 8 heteroatoms. The molecule has 0 radical (unpaired) electrons. The van der Waals surface area contributed by atoms with Crippen molar-refractivity contribution in [2.45, 2.75) is 45.0 Å². The Morgan fingerprint density at radius 3 is 2.68 bits per heavy atom. The van der Waals surface area contributed by atoms with Crippen LogP contribution in [0.4, 0.5) is 9.18 Å². The first kappa shape index (κ1) is 18.6. The zero-order valence-corrected chi connectivity index (χ0v) is 13.4. The van der Waals surface area contributed by atoms with Gasteiger partial charge < -0.3 is 20.3 Å². The second-order valence-electron chi connectivity index (χ2n) is 5.77. The fourth-order valence-corrected chi connectivity index (χ4v) is 1.79. The molecule has 0 fully saturated rings. The van der Waals surface area contributed by atoms with Gasteiger partial charge in [-0.05, 0) is 33.3 Å². The number of alkyl carbamates (subject to hydrolysis) is 1. The molecule has 0 aromatic carbocycles. The van der Waals surface area contributed by atoms with Crippen LogP contribution in [0.1, 0.15) is 38.9 Å². The number of aliphatic hydroxyl groups excluding tert-OH is 2. The van der Waals surface area contributed by atoms with Crippen LogP contribution < -0.4 is 5.32 Å². The average Bonchev–Trinajstić information content (AvgIpc) is 2.38. The Bertz CT molecular complexity index is 522. The maximum atomic E-state index is 12.9. The molecule has 124 valence electrons. The van der Waals surface area contributed by atoms with E-state index in [1.807, 2.05) is 0 Å². The van der Waals surface area contributed by atoms with E-state index >= 15 is 0 Å². The maximum absolute atomic E-state index is 12.9. The lowest BCUT2D eigenvalue weighted by Gasteiger charge is -2.21. The Hall–Kier alpha value is -1.44. The summed E-state index contributed by atoms with van der Waals surface area (Å²) >= 11 is 5.57. The van der Waals surface area contributed by atoms with Gasteiger partial charge in [-0.1, -0.05) is 11.6 Å². The summed E-state index contributed by atoms with van der Waals surface area (Å²) in [5.74, 6) is -0.848. The summed E-state index contributed by atoms with van der Waals surface area (Å²) in [6, 6.07) is 1.19. The molecule has 1 aromatic rings. The van der Waals surface area contributed by atoms with Crippen LogP contribution in [0, 0.1) is 5.95 Å². The van der Waals surface area contributed by atoms with E-state index in [2.05, 4.69) is 10.3 Å². The fourth-order valence-electron chi connectivity index (χ4n) is 1.61. The highest BCUT2D eigenvalue weighted by Crippen LogP contribution is 2.22. The van der Waals surface area contributed by atoms with E-state index in [1.54, 1.807) is 20.8 Å². The van der Waals surface area contributed by atoms with E-state index in [9.17, 15) is 19.4 Å². The first-order valence-corrected chi connectivity index (χ1v) is 7.12. The third-order valence-corrected chi connectivity index (χ3v) is 2.90. The molecule has 0 aliphatic rings. The Balaban J connectivity index is 2.46. The van der Waals surface area contributed by atoms with E-state index in [-0.39, 0.29) is 23.6 Å². The number of carbonyl (C=O) groups excluding carboxylic acids is 1. The summed E-state index contributed by atoms with van der Waals surface area (Å²) in [6.07, 6.45) is -1.89. The zero-order chi connectivity index (χ0) is 16.9. The molecule has 1 aromatic heterocycles.